The minimum Gasteiger partial charge on any atom is -0.478 e. The Morgan fingerprint density at radius 1 is 0.704 bits per heavy atom. The van der Waals surface area contributed by atoms with E-state index in [1.807, 2.05) is 0 Å². The van der Waals surface area contributed by atoms with Crippen molar-refractivity contribution in [3.63, 3.8) is 0 Å². The summed E-state index contributed by atoms with van der Waals surface area (Å²) < 4.78 is 0. The number of rotatable bonds is 3. The molecule has 1 amide bonds. The zero-order valence-electron chi connectivity index (χ0n) is 13.9. The van der Waals surface area contributed by atoms with Gasteiger partial charge in [0.25, 0.3) is 5.24 Å². The van der Waals surface area contributed by atoms with Crippen LogP contribution in [-0.4, -0.2) is 37.2 Å². The molecule has 0 aliphatic rings. The summed E-state index contributed by atoms with van der Waals surface area (Å²) >= 11 is 5.14. The van der Waals surface area contributed by atoms with Crippen molar-refractivity contribution in [3.8, 4) is 0 Å². The lowest BCUT2D eigenvalue weighted by atomic mass is 10.3. The van der Waals surface area contributed by atoms with E-state index in [0.29, 0.717) is 11.1 Å². The number of halogens is 1. The van der Waals surface area contributed by atoms with Gasteiger partial charge < -0.3 is 10.8 Å². The minimum absolute atomic E-state index is 0.269. The summed E-state index contributed by atoms with van der Waals surface area (Å²) in [7, 11) is 0. The summed E-state index contributed by atoms with van der Waals surface area (Å²) in [5.41, 5.74) is 6.18. The molecule has 0 bridgehead atoms. The first kappa shape index (κ1) is 21.4. The van der Waals surface area contributed by atoms with Crippen molar-refractivity contribution < 1.29 is 19.5 Å². The Hall–Kier alpha value is -3.65. The van der Waals surface area contributed by atoms with Gasteiger partial charge in [0.1, 0.15) is 0 Å². The number of hydrogen-bond acceptors (Lipinski definition) is 6. The van der Waals surface area contributed by atoms with Gasteiger partial charge in [-0.2, -0.15) is 0 Å². The fraction of sp³-hybridized carbons (Fsp3) is 0. The summed E-state index contributed by atoms with van der Waals surface area (Å²) in [6.07, 6.45) is 9.00. The number of carboxylic acid groups (broad SMARTS) is 1. The second kappa shape index (κ2) is 11.8. The van der Waals surface area contributed by atoms with Crippen LogP contribution in [0.3, 0.4) is 0 Å². The molecule has 0 fully saturated rings. The van der Waals surface area contributed by atoms with Crippen molar-refractivity contribution in [2.75, 3.05) is 0 Å². The Morgan fingerprint density at radius 3 is 1.22 bits per heavy atom. The Labute approximate surface area is 159 Å². The van der Waals surface area contributed by atoms with Crippen molar-refractivity contribution in [1.29, 1.82) is 0 Å². The average molecular weight is 387 g/mol. The van der Waals surface area contributed by atoms with Gasteiger partial charge in [0.05, 0.1) is 5.56 Å². The number of carbonyl (C=O) groups excluding carboxylic acids is 2. The molecule has 0 saturated heterocycles. The molecule has 138 valence electrons. The van der Waals surface area contributed by atoms with Gasteiger partial charge in [-0.1, -0.05) is 0 Å². The van der Waals surface area contributed by atoms with E-state index in [0.717, 1.165) is 0 Å². The number of carbonyl (C=O) groups is 3. The largest absolute Gasteiger partial charge is 0.478 e. The molecule has 0 aromatic carbocycles. The topological polar surface area (TPSA) is 136 Å². The van der Waals surface area contributed by atoms with E-state index in [2.05, 4.69) is 15.0 Å². The van der Waals surface area contributed by atoms with Crippen molar-refractivity contribution >= 4 is 28.7 Å². The zero-order valence-corrected chi connectivity index (χ0v) is 14.7. The number of pyridine rings is 3. The maximum Gasteiger partial charge on any atom is 0.335 e. The van der Waals surface area contributed by atoms with Crippen molar-refractivity contribution in [3.05, 3.63) is 90.3 Å². The van der Waals surface area contributed by atoms with E-state index < -0.39 is 17.1 Å². The maximum absolute atomic E-state index is 10.4. The predicted molar refractivity (Wildman–Crippen MR) is 98.4 cm³/mol. The van der Waals surface area contributed by atoms with E-state index in [-0.39, 0.29) is 5.56 Å². The number of primary amides is 1. The van der Waals surface area contributed by atoms with Crippen molar-refractivity contribution in [2.24, 2.45) is 5.73 Å². The second-order valence-corrected chi connectivity index (χ2v) is 4.99. The molecule has 27 heavy (non-hydrogen) atoms. The molecule has 3 N–H and O–H groups in total. The predicted octanol–water partition coefficient (Wildman–Crippen LogP) is 2.42. The number of hydrogen-bond donors (Lipinski definition) is 2. The molecule has 0 spiro atoms. The van der Waals surface area contributed by atoms with E-state index in [1.165, 1.54) is 49.3 Å². The number of nitrogens with zero attached hydrogens (tertiary/aromatic N) is 3. The standard InChI is InChI=1S/C6H4ClNO.C6H6N2O.C6H5NO2/c2*7-6(9)5-1-3-8-4-2-5;8-6(9)5-1-3-7-4-2-5/h1-4H;1-4H,(H2,7,9);1-4H,(H,8,9). The number of nitrogens with two attached hydrogens (primary N) is 1. The number of aromatic nitrogens is 3. The molecule has 9 heteroatoms. The van der Waals surface area contributed by atoms with Gasteiger partial charge in [-0.05, 0) is 48.0 Å². The van der Waals surface area contributed by atoms with Gasteiger partial charge in [-0.15, -0.1) is 0 Å². The first-order valence-corrected chi connectivity index (χ1v) is 7.72. The first-order chi connectivity index (χ1) is 12.9. The minimum atomic E-state index is -0.919. The van der Waals surface area contributed by atoms with Crippen molar-refractivity contribution in [2.45, 2.75) is 0 Å². The lowest BCUT2D eigenvalue weighted by molar-refractivity contribution is 0.0696. The molecule has 0 atom stereocenters. The van der Waals surface area contributed by atoms with Gasteiger partial charge in [0, 0.05) is 48.3 Å². The summed E-state index contributed by atoms with van der Waals surface area (Å²) in [6.45, 7) is 0. The highest BCUT2D eigenvalue weighted by molar-refractivity contribution is 6.67. The molecule has 3 rings (SSSR count). The summed E-state index contributed by atoms with van der Waals surface area (Å²) in [4.78, 5) is 42.1. The molecular weight excluding hydrogens is 372 g/mol. The molecule has 0 unspecified atom stereocenters. The Balaban J connectivity index is 0.000000202. The van der Waals surface area contributed by atoms with Gasteiger partial charge in [0.15, 0.2) is 0 Å². The molecular formula is C18H15ClN4O4. The molecule has 3 aromatic rings. The maximum atomic E-state index is 10.4. The highest BCUT2D eigenvalue weighted by Gasteiger charge is 1.97. The van der Waals surface area contributed by atoms with Crippen LogP contribution in [-0.2, 0) is 0 Å². The van der Waals surface area contributed by atoms with Gasteiger partial charge in [0.2, 0.25) is 5.91 Å². The fourth-order valence-corrected chi connectivity index (χ4v) is 1.62. The summed E-state index contributed by atoms with van der Waals surface area (Å²) in [5.74, 6) is -1.34. The zero-order chi connectivity index (χ0) is 20.1. The van der Waals surface area contributed by atoms with E-state index in [9.17, 15) is 14.4 Å². The van der Waals surface area contributed by atoms with Crippen LogP contribution in [0.1, 0.15) is 31.1 Å². The summed E-state index contributed by atoms with van der Waals surface area (Å²) in [6, 6.07) is 9.17. The van der Waals surface area contributed by atoms with E-state index in [1.54, 1.807) is 24.3 Å². The molecule has 8 nitrogen and oxygen atoms in total. The molecule has 3 aromatic heterocycles. The van der Waals surface area contributed by atoms with Crippen molar-refractivity contribution in [1.82, 2.24) is 15.0 Å². The van der Waals surface area contributed by atoms with Crippen LogP contribution >= 0.6 is 11.6 Å². The van der Waals surface area contributed by atoms with Crippen LogP contribution in [0.5, 0.6) is 0 Å². The Morgan fingerprint density at radius 2 is 1.04 bits per heavy atom. The lowest BCUT2D eigenvalue weighted by Crippen LogP contribution is -2.10. The SMILES string of the molecule is NC(=O)c1ccncc1.O=C(Cl)c1ccncc1.O=C(O)c1ccncc1. The van der Waals surface area contributed by atoms with Crippen LogP contribution in [0, 0.1) is 0 Å². The smallest absolute Gasteiger partial charge is 0.335 e. The first-order valence-electron chi connectivity index (χ1n) is 7.34. The van der Waals surface area contributed by atoms with Gasteiger partial charge in [-0.25, -0.2) is 4.79 Å². The number of amides is 1. The third-order valence-electron chi connectivity index (χ3n) is 2.80. The van der Waals surface area contributed by atoms with Gasteiger partial charge >= 0.3 is 5.97 Å². The van der Waals surface area contributed by atoms with Crippen LogP contribution in [0.15, 0.2) is 73.6 Å². The Bertz CT molecular complexity index is 745. The van der Waals surface area contributed by atoms with Gasteiger partial charge in [-0.3, -0.25) is 24.5 Å². The van der Waals surface area contributed by atoms with E-state index in [4.69, 9.17) is 22.4 Å². The lowest BCUT2D eigenvalue weighted by Gasteiger charge is -1.88. The fourth-order valence-electron chi connectivity index (χ4n) is 1.49. The highest BCUT2D eigenvalue weighted by Crippen LogP contribution is 1.99. The highest BCUT2D eigenvalue weighted by atomic mass is 35.5. The second-order valence-electron chi connectivity index (χ2n) is 4.65. The Kier molecular flexibility index (Phi) is 9.37. The molecule has 3 heterocycles. The summed E-state index contributed by atoms with van der Waals surface area (Å²) in [5, 5.41) is 7.91. The van der Waals surface area contributed by atoms with E-state index >= 15 is 0 Å². The number of aromatic carboxylic acids is 1. The van der Waals surface area contributed by atoms with Crippen LogP contribution in [0.2, 0.25) is 0 Å². The van der Waals surface area contributed by atoms with Crippen LogP contribution in [0.4, 0.5) is 0 Å². The van der Waals surface area contributed by atoms with Crippen LogP contribution in [0.25, 0.3) is 0 Å². The van der Waals surface area contributed by atoms with Crippen LogP contribution < -0.4 is 5.73 Å². The molecule has 0 saturated carbocycles. The molecule has 0 aliphatic heterocycles. The normalized spacial score (nSPS) is 8.93. The quantitative estimate of drug-likeness (QED) is 0.659. The third-order valence-corrected chi connectivity index (χ3v) is 3.02. The molecule has 0 aliphatic carbocycles. The average Bonchev–Trinajstić information content (AvgIpc) is 2.71. The number of carboxylic acids is 1. The monoisotopic (exact) mass is 386 g/mol. The molecule has 0 radical (unpaired) electrons. The third kappa shape index (κ3) is 8.84.